The van der Waals surface area contributed by atoms with Crippen LogP contribution in [-0.2, 0) is 16.0 Å². The molecule has 0 saturated carbocycles. The van der Waals surface area contributed by atoms with E-state index < -0.39 is 0 Å². The van der Waals surface area contributed by atoms with Crippen molar-refractivity contribution >= 4 is 5.91 Å². The Labute approximate surface area is 126 Å². The fraction of sp³-hybridized carbons (Fsp3) is 0.588. The normalized spacial score (nSPS) is 16.5. The summed E-state index contributed by atoms with van der Waals surface area (Å²) in [6.07, 6.45) is 3.52. The van der Waals surface area contributed by atoms with E-state index in [-0.39, 0.29) is 23.9 Å². The van der Waals surface area contributed by atoms with Crippen molar-refractivity contribution in [1.29, 1.82) is 0 Å². The van der Waals surface area contributed by atoms with Gasteiger partial charge in [-0.15, -0.1) is 0 Å². The number of halogens is 1. The number of carbonyl (C=O) groups excluding carboxylic acids is 1. The van der Waals surface area contributed by atoms with E-state index in [1.165, 1.54) is 12.1 Å². The molecule has 1 heterocycles. The molecule has 0 atom stereocenters. The first-order valence-electron chi connectivity index (χ1n) is 7.72. The number of hydrogen-bond donors (Lipinski definition) is 0. The minimum absolute atomic E-state index is 0.183. The maximum atomic E-state index is 12.8. The van der Waals surface area contributed by atoms with Crippen LogP contribution in [0.4, 0.5) is 4.39 Å². The summed E-state index contributed by atoms with van der Waals surface area (Å²) in [5.74, 6) is -0.0559. The molecule has 1 aliphatic heterocycles. The van der Waals surface area contributed by atoms with Gasteiger partial charge < -0.3 is 9.64 Å². The van der Waals surface area contributed by atoms with Gasteiger partial charge in [0.25, 0.3) is 0 Å². The molecule has 0 aliphatic carbocycles. The molecule has 1 saturated heterocycles. The van der Waals surface area contributed by atoms with Crippen LogP contribution in [0.1, 0.15) is 38.7 Å². The number of benzene rings is 1. The maximum absolute atomic E-state index is 12.8. The van der Waals surface area contributed by atoms with Crippen LogP contribution in [0.25, 0.3) is 0 Å². The number of ether oxygens (including phenoxy) is 1. The zero-order chi connectivity index (χ0) is 15.2. The molecule has 1 aromatic rings. The lowest BCUT2D eigenvalue weighted by Gasteiger charge is -2.33. The van der Waals surface area contributed by atoms with Crippen molar-refractivity contribution in [3.05, 3.63) is 35.6 Å². The van der Waals surface area contributed by atoms with Crippen molar-refractivity contribution < 1.29 is 13.9 Å². The highest BCUT2D eigenvalue weighted by Crippen LogP contribution is 2.16. The van der Waals surface area contributed by atoms with Crippen LogP contribution in [0.2, 0.25) is 0 Å². The second kappa shape index (κ2) is 7.55. The van der Waals surface area contributed by atoms with E-state index in [4.69, 9.17) is 4.74 Å². The smallest absolute Gasteiger partial charge is 0.222 e. The van der Waals surface area contributed by atoms with Gasteiger partial charge in [0.2, 0.25) is 5.91 Å². The Balaban J connectivity index is 1.73. The lowest BCUT2D eigenvalue weighted by Crippen LogP contribution is -2.41. The van der Waals surface area contributed by atoms with E-state index in [1.807, 2.05) is 18.7 Å². The Bertz CT molecular complexity index is 450. The number of likely N-dealkylation sites (tertiary alicyclic amines) is 1. The summed E-state index contributed by atoms with van der Waals surface area (Å²) in [6, 6.07) is 6.36. The summed E-state index contributed by atoms with van der Waals surface area (Å²) in [5.41, 5.74) is 1.00. The second-order valence-electron chi connectivity index (χ2n) is 5.89. The van der Waals surface area contributed by atoms with Gasteiger partial charge in [-0.3, -0.25) is 4.79 Å². The van der Waals surface area contributed by atoms with Crippen molar-refractivity contribution in [2.45, 2.75) is 51.7 Å². The van der Waals surface area contributed by atoms with Crippen LogP contribution in [0.15, 0.2) is 24.3 Å². The molecule has 0 N–H and O–H groups in total. The van der Waals surface area contributed by atoms with Gasteiger partial charge in [0, 0.05) is 19.5 Å². The van der Waals surface area contributed by atoms with Crippen molar-refractivity contribution in [3.8, 4) is 0 Å². The zero-order valence-corrected chi connectivity index (χ0v) is 12.8. The Morgan fingerprint density at radius 2 is 1.90 bits per heavy atom. The van der Waals surface area contributed by atoms with Crippen LogP contribution in [0.3, 0.4) is 0 Å². The van der Waals surface area contributed by atoms with Crippen LogP contribution in [-0.4, -0.2) is 36.1 Å². The van der Waals surface area contributed by atoms with Crippen molar-refractivity contribution in [3.63, 3.8) is 0 Å². The number of rotatable bonds is 5. The first-order chi connectivity index (χ1) is 10.0. The van der Waals surface area contributed by atoms with Gasteiger partial charge in [-0.25, -0.2) is 4.39 Å². The minimum Gasteiger partial charge on any atom is -0.375 e. The predicted molar refractivity (Wildman–Crippen MR) is 80.5 cm³/mol. The van der Waals surface area contributed by atoms with Crippen LogP contribution in [0.5, 0.6) is 0 Å². The Morgan fingerprint density at radius 3 is 2.48 bits per heavy atom. The lowest BCUT2D eigenvalue weighted by molar-refractivity contribution is -0.134. The molecule has 0 unspecified atom stereocenters. The summed E-state index contributed by atoms with van der Waals surface area (Å²) >= 11 is 0. The molecule has 0 aromatic heterocycles. The van der Waals surface area contributed by atoms with Crippen molar-refractivity contribution in [1.82, 2.24) is 4.90 Å². The highest BCUT2D eigenvalue weighted by molar-refractivity contribution is 5.76. The maximum Gasteiger partial charge on any atom is 0.222 e. The lowest BCUT2D eigenvalue weighted by atomic mass is 10.1. The summed E-state index contributed by atoms with van der Waals surface area (Å²) < 4.78 is 18.6. The number of amides is 1. The van der Waals surface area contributed by atoms with Gasteiger partial charge in [0.05, 0.1) is 12.2 Å². The third-order valence-corrected chi connectivity index (χ3v) is 3.80. The van der Waals surface area contributed by atoms with E-state index >= 15 is 0 Å². The highest BCUT2D eigenvalue weighted by atomic mass is 19.1. The van der Waals surface area contributed by atoms with Gasteiger partial charge in [0.1, 0.15) is 5.82 Å². The third-order valence-electron chi connectivity index (χ3n) is 3.80. The molecule has 1 aromatic carbocycles. The molecule has 21 heavy (non-hydrogen) atoms. The molecular formula is C17H24FNO2. The number of nitrogens with zero attached hydrogens (tertiary/aromatic N) is 1. The number of carbonyl (C=O) groups is 1. The zero-order valence-electron chi connectivity index (χ0n) is 12.8. The first kappa shape index (κ1) is 16.0. The van der Waals surface area contributed by atoms with E-state index in [2.05, 4.69) is 0 Å². The summed E-state index contributed by atoms with van der Waals surface area (Å²) in [4.78, 5) is 14.1. The largest absolute Gasteiger partial charge is 0.375 e. The fourth-order valence-corrected chi connectivity index (χ4v) is 2.69. The van der Waals surface area contributed by atoms with Gasteiger partial charge in [-0.1, -0.05) is 12.1 Å². The Hall–Kier alpha value is -1.42. The molecule has 1 aliphatic rings. The Kier molecular flexibility index (Phi) is 5.74. The van der Waals surface area contributed by atoms with E-state index in [9.17, 15) is 9.18 Å². The van der Waals surface area contributed by atoms with Gasteiger partial charge in [-0.2, -0.15) is 0 Å². The van der Waals surface area contributed by atoms with E-state index in [0.29, 0.717) is 12.8 Å². The van der Waals surface area contributed by atoms with E-state index in [0.717, 1.165) is 31.5 Å². The first-order valence-corrected chi connectivity index (χ1v) is 7.72. The molecule has 1 fully saturated rings. The molecule has 4 heteroatoms. The van der Waals surface area contributed by atoms with Gasteiger partial charge in [-0.05, 0) is 50.8 Å². The van der Waals surface area contributed by atoms with Gasteiger partial charge in [0.15, 0.2) is 0 Å². The number of hydrogen-bond acceptors (Lipinski definition) is 2. The van der Waals surface area contributed by atoms with Crippen LogP contribution in [0, 0.1) is 5.82 Å². The SMILES string of the molecule is CC(C)OC1CCN(C(=O)CCc2ccc(F)cc2)CC1. The topological polar surface area (TPSA) is 29.5 Å². The number of aryl methyl sites for hydroxylation is 1. The molecule has 0 radical (unpaired) electrons. The highest BCUT2D eigenvalue weighted by Gasteiger charge is 2.23. The number of piperidine rings is 1. The second-order valence-corrected chi connectivity index (χ2v) is 5.89. The molecule has 116 valence electrons. The molecule has 3 nitrogen and oxygen atoms in total. The predicted octanol–water partition coefficient (Wildman–Crippen LogP) is 3.17. The van der Waals surface area contributed by atoms with Crippen molar-refractivity contribution in [2.24, 2.45) is 0 Å². The third kappa shape index (κ3) is 5.12. The van der Waals surface area contributed by atoms with Crippen molar-refractivity contribution in [2.75, 3.05) is 13.1 Å². The van der Waals surface area contributed by atoms with E-state index in [1.54, 1.807) is 12.1 Å². The average molecular weight is 293 g/mol. The van der Waals surface area contributed by atoms with Crippen LogP contribution >= 0.6 is 0 Å². The quantitative estimate of drug-likeness (QED) is 0.834. The summed E-state index contributed by atoms with van der Waals surface area (Å²) in [5, 5.41) is 0. The molecular weight excluding hydrogens is 269 g/mol. The monoisotopic (exact) mass is 293 g/mol. The molecule has 0 bridgehead atoms. The fourth-order valence-electron chi connectivity index (χ4n) is 2.69. The summed E-state index contributed by atoms with van der Waals surface area (Å²) in [7, 11) is 0. The van der Waals surface area contributed by atoms with Crippen LogP contribution < -0.4 is 0 Å². The molecule has 2 rings (SSSR count). The molecule has 0 spiro atoms. The average Bonchev–Trinajstić information content (AvgIpc) is 2.46. The van der Waals surface area contributed by atoms with Gasteiger partial charge >= 0.3 is 0 Å². The Morgan fingerprint density at radius 1 is 1.29 bits per heavy atom. The standard InChI is InChI=1S/C17H24FNO2/c1-13(2)21-16-9-11-19(12-10-16)17(20)8-5-14-3-6-15(18)7-4-14/h3-4,6-7,13,16H,5,8-12H2,1-2H3. The summed E-state index contributed by atoms with van der Waals surface area (Å²) in [6.45, 7) is 5.64. The molecule has 1 amide bonds. The minimum atomic E-state index is -0.239.